The third-order valence-corrected chi connectivity index (χ3v) is 7.74. The molecular weight excluding hydrogens is 506 g/mol. The fourth-order valence-electron chi connectivity index (χ4n) is 5.48. The molecule has 0 aliphatic carbocycles. The number of nitrogens with zero attached hydrogens (tertiary/aromatic N) is 1. The van der Waals surface area contributed by atoms with Crippen LogP contribution in [0.3, 0.4) is 0 Å². The van der Waals surface area contributed by atoms with Gasteiger partial charge in [0.25, 0.3) is 0 Å². The van der Waals surface area contributed by atoms with E-state index < -0.39 is 0 Å². The summed E-state index contributed by atoms with van der Waals surface area (Å²) in [5.41, 5.74) is 2.50. The Morgan fingerprint density at radius 3 is 1.46 bits per heavy atom. The zero-order valence-electron chi connectivity index (χ0n) is 26.4. The van der Waals surface area contributed by atoms with Crippen molar-refractivity contribution in [2.45, 2.75) is 136 Å². The molecule has 0 spiro atoms. The maximum absolute atomic E-state index is 11.8. The highest BCUT2D eigenvalue weighted by molar-refractivity contribution is 5.66. The van der Waals surface area contributed by atoms with Gasteiger partial charge in [-0.1, -0.05) is 164 Å². The quantitative estimate of drug-likeness (QED) is 0.0840. The minimum atomic E-state index is -0.277. The van der Waals surface area contributed by atoms with E-state index in [1.54, 1.807) is 0 Å². The molecule has 2 rings (SSSR count). The Balaban J connectivity index is 1.56. The Morgan fingerprint density at radius 1 is 0.634 bits per heavy atom. The van der Waals surface area contributed by atoms with Crippen molar-refractivity contribution < 1.29 is 14.3 Å². The smallest absolute Gasteiger partial charge is 0.303 e. The van der Waals surface area contributed by atoms with E-state index >= 15 is 0 Å². The summed E-state index contributed by atoms with van der Waals surface area (Å²) in [5.74, 6) is -0.250. The summed E-state index contributed by atoms with van der Waals surface area (Å²) in [5, 5.41) is 0. The van der Waals surface area contributed by atoms with Gasteiger partial charge in [0.1, 0.15) is 6.10 Å². The number of esters is 1. The second-order valence-electron chi connectivity index (χ2n) is 11.8. The predicted octanol–water partition coefficient (Wildman–Crippen LogP) is 9.90. The van der Waals surface area contributed by atoms with Crippen LogP contribution >= 0.6 is 0 Å². The molecule has 4 heteroatoms. The van der Waals surface area contributed by atoms with E-state index in [9.17, 15) is 4.79 Å². The Hall–Kier alpha value is -2.17. The molecule has 0 N–H and O–H groups in total. The summed E-state index contributed by atoms with van der Waals surface area (Å²) in [4.78, 5) is 14.2. The van der Waals surface area contributed by atoms with Crippen LogP contribution in [0, 0.1) is 0 Å². The Morgan fingerprint density at radius 2 is 1.05 bits per heavy atom. The minimum Gasteiger partial charge on any atom is -0.459 e. The molecule has 0 fully saturated rings. The molecular formula is C37H59NO3. The molecule has 230 valence electrons. The predicted molar refractivity (Wildman–Crippen MR) is 173 cm³/mol. The van der Waals surface area contributed by atoms with Gasteiger partial charge in [-0.05, 0) is 17.5 Å². The van der Waals surface area contributed by atoms with E-state index in [0.29, 0.717) is 13.2 Å². The maximum atomic E-state index is 11.8. The van der Waals surface area contributed by atoms with Crippen LogP contribution in [-0.2, 0) is 27.4 Å². The van der Waals surface area contributed by atoms with Crippen molar-refractivity contribution in [1.82, 2.24) is 4.90 Å². The zero-order chi connectivity index (χ0) is 29.2. The van der Waals surface area contributed by atoms with E-state index in [4.69, 9.17) is 9.47 Å². The third-order valence-electron chi connectivity index (χ3n) is 7.74. The second-order valence-corrected chi connectivity index (χ2v) is 11.8. The molecule has 0 heterocycles. The van der Waals surface area contributed by atoms with Gasteiger partial charge in [-0.15, -0.1) is 0 Å². The number of ether oxygens (including phenoxy) is 2. The van der Waals surface area contributed by atoms with E-state index in [1.807, 2.05) is 12.1 Å². The van der Waals surface area contributed by atoms with E-state index in [1.165, 1.54) is 114 Å². The first-order chi connectivity index (χ1) is 20.2. The van der Waals surface area contributed by atoms with Crippen molar-refractivity contribution in [1.29, 1.82) is 0 Å². The lowest BCUT2D eigenvalue weighted by atomic mass is 10.0. The molecule has 0 saturated carbocycles. The van der Waals surface area contributed by atoms with Gasteiger partial charge in [0.05, 0.1) is 6.61 Å². The molecule has 0 radical (unpaired) electrons. The van der Waals surface area contributed by atoms with Crippen molar-refractivity contribution >= 4 is 5.97 Å². The van der Waals surface area contributed by atoms with Gasteiger partial charge in [0.15, 0.2) is 0 Å². The summed E-state index contributed by atoms with van der Waals surface area (Å²) in [6.07, 6.45) is 21.6. The molecule has 0 aromatic heterocycles. The Kier molecular flexibility index (Phi) is 20.9. The molecule has 0 bridgehead atoms. The van der Waals surface area contributed by atoms with Gasteiger partial charge in [0.2, 0.25) is 0 Å². The number of unbranched alkanes of at least 4 members (excludes halogenated alkanes) is 15. The molecule has 1 atom stereocenters. The average molecular weight is 566 g/mol. The van der Waals surface area contributed by atoms with Gasteiger partial charge in [0, 0.05) is 33.2 Å². The zero-order valence-corrected chi connectivity index (χ0v) is 26.4. The van der Waals surface area contributed by atoms with Crippen molar-refractivity contribution in [2.24, 2.45) is 0 Å². The van der Waals surface area contributed by atoms with Crippen LogP contribution in [0.15, 0.2) is 60.7 Å². The summed E-state index contributed by atoms with van der Waals surface area (Å²) in [7, 11) is 0. The molecule has 0 aliphatic rings. The van der Waals surface area contributed by atoms with E-state index in [2.05, 4.69) is 60.4 Å². The molecule has 0 aliphatic heterocycles. The fourth-order valence-corrected chi connectivity index (χ4v) is 5.48. The molecule has 41 heavy (non-hydrogen) atoms. The number of rotatable bonds is 26. The largest absolute Gasteiger partial charge is 0.459 e. The number of benzene rings is 2. The van der Waals surface area contributed by atoms with Gasteiger partial charge < -0.3 is 9.47 Å². The topological polar surface area (TPSA) is 38.8 Å². The van der Waals surface area contributed by atoms with E-state index in [0.717, 1.165) is 26.1 Å². The normalized spacial score (nSPS) is 12.1. The highest BCUT2D eigenvalue weighted by Gasteiger charge is 2.18. The van der Waals surface area contributed by atoms with Crippen LogP contribution < -0.4 is 0 Å². The second kappa shape index (κ2) is 24.4. The number of hydrogen-bond donors (Lipinski definition) is 0. The maximum Gasteiger partial charge on any atom is 0.303 e. The van der Waals surface area contributed by atoms with Crippen LogP contribution in [0.4, 0.5) is 0 Å². The summed E-state index contributed by atoms with van der Waals surface area (Å²) in [6.45, 7) is 7.18. The third kappa shape index (κ3) is 19.6. The van der Waals surface area contributed by atoms with Gasteiger partial charge in [-0.2, -0.15) is 0 Å². The van der Waals surface area contributed by atoms with E-state index in [-0.39, 0.29) is 12.1 Å². The van der Waals surface area contributed by atoms with Crippen LogP contribution in [-0.4, -0.2) is 36.7 Å². The molecule has 4 nitrogen and oxygen atoms in total. The fraction of sp³-hybridized carbons (Fsp3) is 0.649. The SMILES string of the molecule is CCCCCCCCCCCCCCCCCCOCC(CN(Cc1ccccc1)Cc1ccccc1)OC(C)=O. The summed E-state index contributed by atoms with van der Waals surface area (Å²) in [6, 6.07) is 20.9. The molecule has 0 amide bonds. The lowest BCUT2D eigenvalue weighted by Crippen LogP contribution is -2.37. The van der Waals surface area contributed by atoms with Crippen molar-refractivity contribution in [3.05, 3.63) is 71.8 Å². The molecule has 1 unspecified atom stereocenters. The molecule has 0 saturated heterocycles. The molecule has 2 aromatic carbocycles. The number of carbonyl (C=O) groups is 1. The van der Waals surface area contributed by atoms with Crippen molar-refractivity contribution in [3.8, 4) is 0 Å². The van der Waals surface area contributed by atoms with Crippen molar-refractivity contribution in [3.63, 3.8) is 0 Å². The lowest BCUT2D eigenvalue weighted by molar-refractivity contribution is -0.150. The van der Waals surface area contributed by atoms with Gasteiger partial charge >= 0.3 is 5.97 Å². The first-order valence-corrected chi connectivity index (χ1v) is 16.7. The first kappa shape index (κ1) is 35.0. The standard InChI is InChI=1S/C37H59NO3/c1-3-4-5-6-7-8-9-10-11-12-13-14-15-16-17-24-29-40-33-37(41-34(2)39)32-38(30-35-25-20-18-21-26-35)31-36-27-22-19-23-28-36/h18-23,25-28,37H,3-17,24,29-33H2,1-2H3. The highest BCUT2D eigenvalue weighted by Crippen LogP contribution is 2.15. The average Bonchev–Trinajstić information content (AvgIpc) is 2.97. The summed E-state index contributed by atoms with van der Waals surface area (Å²) < 4.78 is 11.7. The van der Waals surface area contributed by atoms with Gasteiger partial charge in [-0.3, -0.25) is 9.69 Å². The summed E-state index contributed by atoms with van der Waals surface area (Å²) >= 11 is 0. The number of carbonyl (C=O) groups excluding carboxylic acids is 1. The van der Waals surface area contributed by atoms with Crippen LogP contribution in [0.1, 0.15) is 128 Å². The van der Waals surface area contributed by atoms with Crippen LogP contribution in [0.2, 0.25) is 0 Å². The Labute approximate surface area is 252 Å². The van der Waals surface area contributed by atoms with Crippen LogP contribution in [0.25, 0.3) is 0 Å². The number of hydrogen-bond acceptors (Lipinski definition) is 4. The highest BCUT2D eigenvalue weighted by atomic mass is 16.6. The van der Waals surface area contributed by atoms with Crippen molar-refractivity contribution in [2.75, 3.05) is 19.8 Å². The molecule has 2 aromatic rings. The Bertz CT molecular complexity index is 816. The lowest BCUT2D eigenvalue weighted by Gasteiger charge is -2.27. The minimum absolute atomic E-state index is 0.250. The monoisotopic (exact) mass is 565 g/mol. The van der Waals surface area contributed by atoms with Crippen LogP contribution in [0.5, 0.6) is 0 Å². The first-order valence-electron chi connectivity index (χ1n) is 16.7. The van der Waals surface area contributed by atoms with Gasteiger partial charge in [-0.25, -0.2) is 0 Å².